The molecular weight excluding hydrogens is 178 g/mol. The van der Waals surface area contributed by atoms with Crippen molar-refractivity contribution in [2.75, 3.05) is 12.8 Å². The lowest BCUT2D eigenvalue weighted by atomic mass is 10.4. The van der Waals surface area contributed by atoms with Gasteiger partial charge in [-0.05, 0) is 0 Å². The summed E-state index contributed by atoms with van der Waals surface area (Å²) in [5.74, 6) is -1.38. The topological polar surface area (TPSA) is 126 Å². The summed E-state index contributed by atoms with van der Waals surface area (Å²) in [5.41, 5.74) is 4.79. The van der Waals surface area contributed by atoms with Crippen molar-refractivity contribution in [1.29, 1.82) is 0 Å². The van der Waals surface area contributed by atoms with Crippen LogP contribution >= 0.6 is 0 Å². The lowest BCUT2D eigenvalue weighted by Gasteiger charge is -1.93. The van der Waals surface area contributed by atoms with Crippen molar-refractivity contribution >= 4 is 17.6 Å². The van der Waals surface area contributed by atoms with E-state index in [0.29, 0.717) is 0 Å². The van der Waals surface area contributed by atoms with Gasteiger partial charge in [-0.1, -0.05) is 5.16 Å². The molecular formula is C5H7N5O3. The van der Waals surface area contributed by atoms with E-state index in [4.69, 9.17) is 10.8 Å². The predicted octanol–water partition coefficient (Wildman–Crippen LogP) is -1.18. The highest BCUT2D eigenvalue weighted by Gasteiger charge is 2.17. The van der Waals surface area contributed by atoms with Gasteiger partial charge in [0.25, 0.3) is 0 Å². The Kier molecular flexibility index (Phi) is 2.43. The van der Waals surface area contributed by atoms with Gasteiger partial charge in [0, 0.05) is 0 Å². The third kappa shape index (κ3) is 1.92. The molecule has 1 rings (SSSR count). The molecule has 0 aliphatic heterocycles. The van der Waals surface area contributed by atoms with Crippen molar-refractivity contribution < 1.29 is 14.7 Å². The number of carboxylic acids is 1. The van der Waals surface area contributed by atoms with E-state index in [2.05, 4.69) is 25.2 Å². The van der Waals surface area contributed by atoms with Gasteiger partial charge in [-0.3, -0.25) is 5.10 Å². The van der Waals surface area contributed by atoms with Gasteiger partial charge in [-0.25, -0.2) is 4.79 Å². The van der Waals surface area contributed by atoms with Gasteiger partial charge in [0.05, 0.1) is 0 Å². The van der Waals surface area contributed by atoms with Crippen LogP contribution in [0.1, 0.15) is 5.82 Å². The van der Waals surface area contributed by atoms with E-state index in [0.717, 1.165) is 0 Å². The lowest BCUT2D eigenvalue weighted by molar-refractivity contribution is -0.129. The summed E-state index contributed by atoms with van der Waals surface area (Å²) in [7, 11) is 1.22. The number of aromatic amines is 1. The molecule has 4 N–H and O–H groups in total. The first-order chi connectivity index (χ1) is 6.15. The van der Waals surface area contributed by atoms with E-state index in [9.17, 15) is 4.79 Å². The van der Waals surface area contributed by atoms with Gasteiger partial charge in [0.2, 0.25) is 11.7 Å². The SMILES string of the molecule is CON=C(C(=O)O)c1nc(N)n[nH]1. The maximum atomic E-state index is 10.6. The molecule has 0 saturated carbocycles. The van der Waals surface area contributed by atoms with Crippen LogP contribution in [-0.4, -0.2) is 39.1 Å². The van der Waals surface area contributed by atoms with Crippen LogP contribution < -0.4 is 5.73 Å². The Morgan fingerprint density at radius 2 is 2.46 bits per heavy atom. The molecule has 0 radical (unpaired) electrons. The second kappa shape index (κ2) is 3.52. The molecule has 1 aromatic rings. The van der Waals surface area contributed by atoms with Crippen molar-refractivity contribution in [3.05, 3.63) is 5.82 Å². The number of nitrogens with one attached hydrogen (secondary N) is 1. The number of carboxylic acid groups (broad SMARTS) is 1. The third-order valence-corrected chi connectivity index (χ3v) is 1.11. The van der Waals surface area contributed by atoms with E-state index in [1.807, 2.05) is 0 Å². The molecule has 0 fully saturated rings. The smallest absolute Gasteiger partial charge is 0.361 e. The molecule has 0 aromatic carbocycles. The molecule has 70 valence electrons. The molecule has 13 heavy (non-hydrogen) atoms. The summed E-state index contributed by atoms with van der Waals surface area (Å²) in [6, 6.07) is 0. The number of hydrogen-bond donors (Lipinski definition) is 3. The van der Waals surface area contributed by atoms with Gasteiger partial charge < -0.3 is 15.7 Å². The highest BCUT2D eigenvalue weighted by molar-refractivity contribution is 6.41. The monoisotopic (exact) mass is 185 g/mol. The van der Waals surface area contributed by atoms with Gasteiger partial charge >= 0.3 is 5.97 Å². The summed E-state index contributed by atoms with van der Waals surface area (Å²) >= 11 is 0. The van der Waals surface area contributed by atoms with Crippen LogP contribution in [0.5, 0.6) is 0 Å². The van der Waals surface area contributed by atoms with E-state index < -0.39 is 5.97 Å². The standard InChI is InChI=1S/C5H7N5O3/c1-13-10-2(4(11)12)3-7-5(6)9-8-3/h1H3,(H,11,12)(H3,6,7,8,9). The van der Waals surface area contributed by atoms with Crippen LogP contribution in [0.25, 0.3) is 0 Å². The zero-order chi connectivity index (χ0) is 9.84. The first-order valence-corrected chi connectivity index (χ1v) is 3.18. The zero-order valence-corrected chi connectivity index (χ0v) is 6.68. The number of hydrogen-bond acceptors (Lipinski definition) is 6. The minimum Gasteiger partial charge on any atom is -0.476 e. The number of nitrogens with two attached hydrogens (primary N) is 1. The van der Waals surface area contributed by atoms with Crippen molar-refractivity contribution in [1.82, 2.24) is 15.2 Å². The van der Waals surface area contributed by atoms with Gasteiger partial charge in [-0.2, -0.15) is 4.98 Å². The van der Waals surface area contributed by atoms with E-state index >= 15 is 0 Å². The number of oxime groups is 1. The summed E-state index contributed by atoms with van der Waals surface area (Å²) < 4.78 is 0. The molecule has 1 aromatic heterocycles. The number of carbonyl (C=O) groups is 1. The fourth-order valence-electron chi connectivity index (χ4n) is 0.656. The first kappa shape index (κ1) is 8.97. The molecule has 0 unspecified atom stereocenters. The minimum atomic E-state index is -1.28. The van der Waals surface area contributed by atoms with Gasteiger partial charge in [0.1, 0.15) is 7.11 Å². The molecule has 0 spiro atoms. The summed E-state index contributed by atoms with van der Waals surface area (Å²) in [5, 5.41) is 17.6. The van der Waals surface area contributed by atoms with Crippen molar-refractivity contribution in [3.8, 4) is 0 Å². The Labute approximate surface area is 72.4 Å². The van der Waals surface area contributed by atoms with E-state index in [1.54, 1.807) is 0 Å². The van der Waals surface area contributed by atoms with E-state index in [-0.39, 0.29) is 17.5 Å². The Morgan fingerprint density at radius 1 is 1.77 bits per heavy atom. The number of anilines is 1. The third-order valence-electron chi connectivity index (χ3n) is 1.11. The van der Waals surface area contributed by atoms with Crippen molar-refractivity contribution in [2.24, 2.45) is 5.16 Å². The second-order valence-corrected chi connectivity index (χ2v) is 1.97. The number of rotatable bonds is 3. The second-order valence-electron chi connectivity index (χ2n) is 1.97. The summed E-state index contributed by atoms with van der Waals surface area (Å²) in [4.78, 5) is 18.4. The van der Waals surface area contributed by atoms with Crippen LogP contribution in [0.4, 0.5) is 5.95 Å². The van der Waals surface area contributed by atoms with Crippen LogP contribution in [-0.2, 0) is 9.63 Å². The molecule has 0 atom stereocenters. The molecule has 0 aliphatic carbocycles. The van der Waals surface area contributed by atoms with Crippen molar-refractivity contribution in [2.45, 2.75) is 0 Å². The highest BCUT2D eigenvalue weighted by Crippen LogP contribution is 1.96. The first-order valence-electron chi connectivity index (χ1n) is 3.18. The molecule has 1 heterocycles. The molecule has 8 nitrogen and oxygen atoms in total. The fraction of sp³-hybridized carbons (Fsp3) is 0.200. The predicted molar refractivity (Wildman–Crippen MR) is 42.0 cm³/mol. The summed E-state index contributed by atoms with van der Waals surface area (Å²) in [6.45, 7) is 0. The number of aliphatic carboxylic acids is 1. The molecule has 0 saturated heterocycles. The average Bonchev–Trinajstić information content (AvgIpc) is 2.46. The maximum Gasteiger partial charge on any atom is 0.361 e. The van der Waals surface area contributed by atoms with Gasteiger partial charge in [-0.15, -0.1) is 5.10 Å². The Balaban J connectivity index is 3.02. The molecule has 8 heteroatoms. The van der Waals surface area contributed by atoms with Crippen LogP contribution in [0.2, 0.25) is 0 Å². The Morgan fingerprint density at radius 3 is 2.85 bits per heavy atom. The van der Waals surface area contributed by atoms with Crippen LogP contribution in [0.3, 0.4) is 0 Å². The number of nitrogens with zero attached hydrogens (tertiary/aromatic N) is 3. The van der Waals surface area contributed by atoms with Crippen LogP contribution in [0.15, 0.2) is 5.16 Å². The lowest BCUT2D eigenvalue weighted by Crippen LogP contribution is -2.16. The molecule has 0 bridgehead atoms. The minimum absolute atomic E-state index is 0.0492. The normalized spacial score (nSPS) is 11.3. The quantitative estimate of drug-likeness (QED) is 0.402. The number of nitrogen functional groups attached to an aromatic ring is 1. The zero-order valence-electron chi connectivity index (χ0n) is 6.68. The number of H-pyrrole nitrogens is 1. The number of aromatic nitrogens is 3. The van der Waals surface area contributed by atoms with E-state index in [1.165, 1.54) is 7.11 Å². The van der Waals surface area contributed by atoms with Crippen molar-refractivity contribution in [3.63, 3.8) is 0 Å². The van der Waals surface area contributed by atoms with Crippen LogP contribution in [0, 0.1) is 0 Å². The Bertz CT molecular complexity index is 344. The average molecular weight is 185 g/mol. The Hall–Kier alpha value is -2.12. The largest absolute Gasteiger partial charge is 0.476 e. The summed E-state index contributed by atoms with van der Waals surface area (Å²) in [6.07, 6.45) is 0. The fourth-order valence-corrected chi connectivity index (χ4v) is 0.656. The van der Waals surface area contributed by atoms with Gasteiger partial charge in [0.15, 0.2) is 5.82 Å². The maximum absolute atomic E-state index is 10.6. The molecule has 0 amide bonds. The highest BCUT2D eigenvalue weighted by atomic mass is 16.6. The molecule has 0 aliphatic rings.